The lowest BCUT2D eigenvalue weighted by Gasteiger charge is -2.43. The van der Waals surface area contributed by atoms with Crippen LogP contribution in [0.15, 0.2) is 11.1 Å². The van der Waals surface area contributed by atoms with Gasteiger partial charge in [0.2, 0.25) is 0 Å². The minimum absolute atomic E-state index is 0.622. The topological polar surface area (TPSA) is 15.3 Å². The van der Waals surface area contributed by atoms with Gasteiger partial charge in [0.15, 0.2) is 0 Å². The van der Waals surface area contributed by atoms with Crippen LogP contribution in [0.1, 0.15) is 47.5 Å². The number of piperazine rings is 1. The molecule has 112 valence electrons. The first kappa shape index (κ1) is 17.0. The molecule has 0 aromatic carbocycles. The van der Waals surface area contributed by atoms with Crippen LogP contribution in [0.3, 0.4) is 0 Å². The molecular formula is C16H31ClN2. The number of hydrogen-bond donors (Lipinski definition) is 1. The van der Waals surface area contributed by atoms with E-state index in [1.54, 1.807) is 5.54 Å². The predicted octanol–water partition coefficient (Wildman–Crippen LogP) is 3.86. The van der Waals surface area contributed by atoms with Gasteiger partial charge in [-0.15, -0.1) is 0 Å². The summed E-state index contributed by atoms with van der Waals surface area (Å²) in [4.78, 5) is 2.63. The highest BCUT2D eigenvalue weighted by molar-refractivity contribution is 6.25. The minimum atomic E-state index is 0.622. The van der Waals surface area contributed by atoms with E-state index < -0.39 is 0 Å². The highest BCUT2D eigenvalue weighted by Gasteiger charge is 2.30. The maximum atomic E-state index is 5.85. The van der Waals surface area contributed by atoms with Gasteiger partial charge in [-0.25, -0.2) is 0 Å². The van der Waals surface area contributed by atoms with Gasteiger partial charge in [-0.1, -0.05) is 45.7 Å². The fraction of sp³-hybridized carbons (Fsp3) is 0.875. The summed E-state index contributed by atoms with van der Waals surface area (Å²) in [5.41, 5.74) is 2.99. The summed E-state index contributed by atoms with van der Waals surface area (Å²) >= 11 is 5.85. The van der Waals surface area contributed by atoms with Crippen LogP contribution in [0.4, 0.5) is 0 Å². The summed E-state index contributed by atoms with van der Waals surface area (Å²) in [7, 11) is 0. The molecule has 1 fully saturated rings. The van der Waals surface area contributed by atoms with Gasteiger partial charge < -0.3 is 5.32 Å². The summed E-state index contributed by atoms with van der Waals surface area (Å²) < 4.78 is 0. The van der Waals surface area contributed by atoms with E-state index in [1.165, 1.54) is 18.4 Å². The van der Waals surface area contributed by atoms with Crippen LogP contribution in [0, 0.1) is 11.8 Å². The lowest BCUT2D eigenvalue weighted by Crippen LogP contribution is -2.58. The van der Waals surface area contributed by atoms with Gasteiger partial charge in [0.25, 0.3) is 0 Å². The predicted molar refractivity (Wildman–Crippen MR) is 85.7 cm³/mol. The Bertz CT molecular complexity index is 288. The van der Waals surface area contributed by atoms with Crippen molar-refractivity contribution in [3.05, 3.63) is 11.1 Å². The van der Waals surface area contributed by atoms with Crippen molar-refractivity contribution in [1.29, 1.82) is 0 Å². The Balaban J connectivity index is 2.68. The first-order chi connectivity index (χ1) is 8.97. The largest absolute Gasteiger partial charge is 0.311 e. The van der Waals surface area contributed by atoms with Gasteiger partial charge in [0, 0.05) is 37.3 Å². The Morgan fingerprint density at radius 2 is 2.11 bits per heavy atom. The van der Waals surface area contributed by atoms with Crippen molar-refractivity contribution in [1.82, 2.24) is 10.2 Å². The van der Waals surface area contributed by atoms with Crippen molar-refractivity contribution in [3.63, 3.8) is 0 Å². The highest BCUT2D eigenvalue weighted by atomic mass is 35.5. The zero-order valence-electron chi connectivity index (χ0n) is 13.2. The van der Waals surface area contributed by atoms with E-state index in [4.69, 9.17) is 11.6 Å². The molecule has 0 saturated carbocycles. The number of nitrogens with zero attached hydrogens (tertiary/aromatic N) is 1. The Morgan fingerprint density at radius 1 is 1.42 bits per heavy atom. The zero-order chi connectivity index (χ0) is 14.4. The molecule has 3 unspecified atom stereocenters. The van der Waals surface area contributed by atoms with E-state index in [-0.39, 0.29) is 0 Å². The van der Waals surface area contributed by atoms with Crippen molar-refractivity contribution in [2.24, 2.45) is 11.8 Å². The molecule has 0 aromatic heterocycles. The summed E-state index contributed by atoms with van der Waals surface area (Å²) in [6.45, 7) is 14.6. The summed E-state index contributed by atoms with van der Waals surface area (Å²) in [5, 5.41) is 3.75. The van der Waals surface area contributed by atoms with Crippen molar-refractivity contribution in [3.8, 4) is 0 Å². The van der Waals surface area contributed by atoms with Crippen LogP contribution < -0.4 is 5.32 Å². The standard InChI is InChI=1S/C16H31ClN2/c1-6-14(5)16-11-19(10-13(4)8-17)15(9-18-16)7-12(2)3/h8,12,14-16,18H,6-7,9-11H2,1-5H3. The Kier molecular flexibility index (Phi) is 7.41. The molecule has 0 aromatic rings. The number of nitrogens with one attached hydrogen (secondary N) is 1. The van der Waals surface area contributed by atoms with Crippen molar-refractivity contribution >= 4 is 11.6 Å². The normalized spacial score (nSPS) is 27.8. The van der Waals surface area contributed by atoms with Gasteiger partial charge >= 0.3 is 0 Å². The van der Waals surface area contributed by atoms with Crippen LogP contribution in [0.5, 0.6) is 0 Å². The average Bonchev–Trinajstić information content (AvgIpc) is 2.39. The van der Waals surface area contributed by atoms with Crippen LogP contribution >= 0.6 is 11.6 Å². The molecule has 1 N–H and O–H groups in total. The molecule has 19 heavy (non-hydrogen) atoms. The SMILES string of the molecule is CCC(C)C1CN(CC(C)=CCl)C(CC(C)C)CN1. The minimum Gasteiger partial charge on any atom is -0.311 e. The lowest BCUT2D eigenvalue weighted by molar-refractivity contribution is 0.105. The second-order valence-corrected chi connectivity index (χ2v) is 6.79. The van der Waals surface area contributed by atoms with E-state index in [0.29, 0.717) is 12.1 Å². The fourth-order valence-electron chi connectivity index (χ4n) is 2.87. The summed E-state index contributed by atoms with van der Waals surface area (Å²) in [5.74, 6) is 1.48. The first-order valence-electron chi connectivity index (χ1n) is 7.71. The van der Waals surface area contributed by atoms with E-state index >= 15 is 0 Å². The maximum Gasteiger partial charge on any atom is 0.0227 e. The monoisotopic (exact) mass is 286 g/mol. The molecule has 0 radical (unpaired) electrons. The van der Waals surface area contributed by atoms with Crippen LogP contribution in [0.25, 0.3) is 0 Å². The molecule has 0 bridgehead atoms. The first-order valence-corrected chi connectivity index (χ1v) is 8.14. The molecule has 2 nitrogen and oxygen atoms in total. The van der Waals surface area contributed by atoms with E-state index in [2.05, 4.69) is 44.8 Å². The van der Waals surface area contributed by atoms with Crippen LogP contribution in [-0.4, -0.2) is 36.6 Å². The lowest BCUT2D eigenvalue weighted by atomic mass is 9.92. The van der Waals surface area contributed by atoms with Gasteiger partial charge in [-0.05, 0) is 30.8 Å². The Labute approximate surface area is 124 Å². The van der Waals surface area contributed by atoms with Crippen LogP contribution in [0.2, 0.25) is 0 Å². The zero-order valence-corrected chi connectivity index (χ0v) is 14.0. The van der Waals surface area contributed by atoms with Crippen molar-refractivity contribution < 1.29 is 0 Å². The highest BCUT2D eigenvalue weighted by Crippen LogP contribution is 2.20. The van der Waals surface area contributed by atoms with Gasteiger partial charge in [-0.2, -0.15) is 0 Å². The smallest absolute Gasteiger partial charge is 0.0227 e. The molecule has 0 spiro atoms. The van der Waals surface area contributed by atoms with Crippen LogP contribution in [-0.2, 0) is 0 Å². The third kappa shape index (κ3) is 5.45. The second-order valence-electron chi connectivity index (χ2n) is 6.57. The molecule has 3 heteroatoms. The quantitative estimate of drug-likeness (QED) is 0.797. The molecule has 0 aliphatic carbocycles. The number of hydrogen-bond acceptors (Lipinski definition) is 2. The fourth-order valence-corrected chi connectivity index (χ4v) is 2.94. The number of rotatable bonds is 6. The van der Waals surface area contributed by atoms with E-state index in [9.17, 15) is 0 Å². The Morgan fingerprint density at radius 3 is 2.63 bits per heavy atom. The van der Waals surface area contributed by atoms with Crippen molar-refractivity contribution in [2.75, 3.05) is 19.6 Å². The van der Waals surface area contributed by atoms with Gasteiger partial charge in [0.05, 0.1) is 0 Å². The molecule has 1 aliphatic heterocycles. The van der Waals surface area contributed by atoms with Gasteiger partial charge in [0.1, 0.15) is 0 Å². The average molecular weight is 287 g/mol. The number of halogens is 1. The van der Waals surface area contributed by atoms with E-state index in [0.717, 1.165) is 31.5 Å². The molecule has 1 aliphatic rings. The summed E-state index contributed by atoms with van der Waals surface area (Å²) in [6, 6.07) is 1.27. The Hall–Kier alpha value is -0.0500. The molecule has 1 rings (SSSR count). The second kappa shape index (κ2) is 8.28. The third-order valence-electron chi connectivity index (χ3n) is 4.28. The van der Waals surface area contributed by atoms with Gasteiger partial charge in [-0.3, -0.25) is 4.90 Å². The maximum absolute atomic E-state index is 5.85. The third-order valence-corrected chi connectivity index (χ3v) is 4.65. The molecule has 3 atom stereocenters. The van der Waals surface area contributed by atoms with Crippen molar-refractivity contribution in [2.45, 2.75) is 59.5 Å². The molecule has 1 saturated heterocycles. The molecule has 1 heterocycles. The van der Waals surface area contributed by atoms with E-state index in [1.807, 2.05) is 0 Å². The molecular weight excluding hydrogens is 256 g/mol. The molecule has 0 amide bonds. The summed E-state index contributed by atoms with van der Waals surface area (Å²) in [6.07, 6.45) is 2.50.